The van der Waals surface area contributed by atoms with E-state index in [1.807, 2.05) is 6.07 Å². The molecular formula is C10H9FN2O2. The number of halogens is 1. The first kappa shape index (κ1) is 11.0. The lowest BCUT2D eigenvalue weighted by molar-refractivity contribution is -0.139. The van der Waals surface area contributed by atoms with Gasteiger partial charge >= 0.3 is 5.97 Å². The lowest BCUT2D eigenvalue weighted by Gasteiger charge is -2.05. The van der Waals surface area contributed by atoms with Crippen molar-refractivity contribution in [1.29, 1.82) is 5.26 Å². The number of nitrogen functional groups attached to an aromatic ring is 1. The second-order valence-electron chi connectivity index (χ2n) is 2.90. The van der Waals surface area contributed by atoms with E-state index in [2.05, 4.69) is 4.74 Å². The molecule has 5 heteroatoms. The van der Waals surface area contributed by atoms with Gasteiger partial charge in [-0.2, -0.15) is 5.26 Å². The molecular weight excluding hydrogens is 199 g/mol. The Labute approximate surface area is 86.1 Å². The Hall–Kier alpha value is -2.09. The maximum absolute atomic E-state index is 13.4. The first-order chi connectivity index (χ1) is 7.08. The van der Waals surface area contributed by atoms with Crippen molar-refractivity contribution in [2.45, 2.75) is 6.42 Å². The minimum atomic E-state index is -0.681. The summed E-state index contributed by atoms with van der Waals surface area (Å²) in [6.45, 7) is 0. The fourth-order valence-electron chi connectivity index (χ4n) is 1.13. The number of methoxy groups -OCH3 is 1. The first-order valence-corrected chi connectivity index (χ1v) is 4.13. The van der Waals surface area contributed by atoms with Gasteiger partial charge in [0.1, 0.15) is 5.82 Å². The molecule has 0 saturated carbocycles. The van der Waals surface area contributed by atoms with Crippen molar-refractivity contribution in [3.63, 3.8) is 0 Å². The molecule has 0 aliphatic carbocycles. The van der Waals surface area contributed by atoms with Gasteiger partial charge in [-0.1, -0.05) is 0 Å². The van der Waals surface area contributed by atoms with Crippen molar-refractivity contribution in [3.8, 4) is 6.07 Å². The van der Waals surface area contributed by atoms with E-state index in [4.69, 9.17) is 11.0 Å². The molecule has 78 valence electrons. The summed E-state index contributed by atoms with van der Waals surface area (Å²) < 4.78 is 17.8. The van der Waals surface area contributed by atoms with Crippen molar-refractivity contribution < 1.29 is 13.9 Å². The Balaban J connectivity index is 3.12. The van der Waals surface area contributed by atoms with Gasteiger partial charge in [-0.15, -0.1) is 0 Å². The number of esters is 1. The molecule has 2 N–H and O–H groups in total. The van der Waals surface area contributed by atoms with Gasteiger partial charge in [0.25, 0.3) is 0 Å². The number of ether oxygens (including phenoxy) is 1. The summed E-state index contributed by atoms with van der Waals surface area (Å²) in [7, 11) is 1.21. The molecule has 0 spiro atoms. The van der Waals surface area contributed by atoms with Gasteiger partial charge in [0.15, 0.2) is 0 Å². The fraction of sp³-hybridized carbons (Fsp3) is 0.200. The summed E-state index contributed by atoms with van der Waals surface area (Å²) in [5, 5.41) is 8.62. The van der Waals surface area contributed by atoms with E-state index in [0.29, 0.717) is 0 Å². The number of carbonyl (C=O) groups excluding carboxylic acids is 1. The summed E-state index contributed by atoms with van der Waals surface area (Å²) in [4.78, 5) is 10.9. The second kappa shape index (κ2) is 4.42. The first-order valence-electron chi connectivity index (χ1n) is 4.13. The molecule has 0 aliphatic rings. The van der Waals surface area contributed by atoms with Crippen LogP contribution in [0.25, 0.3) is 0 Å². The van der Waals surface area contributed by atoms with Crippen LogP contribution in [0.5, 0.6) is 0 Å². The van der Waals surface area contributed by atoms with Gasteiger partial charge in [-0.05, 0) is 12.1 Å². The number of benzene rings is 1. The lowest BCUT2D eigenvalue weighted by Crippen LogP contribution is -2.08. The predicted octanol–water partition coefficient (Wildman–Crippen LogP) is 0.995. The highest BCUT2D eigenvalue weighted by Crippen LogP contribution is 2.18. The van der Waals surface area contributed by atoms with Gasteiger partial charge in [-0.3, -0.25) is 4.79 Å². The summed E-state index contributed by atoms with van der Waals surface area (Å²) >= 11 is 0. The van der Waals surface area contributed by atoms with Gasteiger partial charge in [-0.25, -0.2) is 4.39 Å². The topological polar surface area (TPSA) is 76.1 Å². The molecule has 1 rings (SSSR count). The van der Waals surface area contributed by atoms with Gasteiger partial charge in [0.2, 0.25) is 0 Å². The number of hydrogen-bond donors (Lipinski definition) is 1. The van der Waals surface area contributed by atoms with Crippen molar-refractivity contribution in [1.82, 2.24) is 0 Å². The highest BCUT2D eigenvalue weighted by Gasteiger charge is 2.12. The Morgan fingerprint density at radius 3 is 2.87 bits per heavy atom. The normalized spacial score (nSPS) is 9.40. The van der Waals surface area contributed by atoms with E-state index in [1.165, 1.54) is 19.2 Å². The molecule has 0 radical (unpaired) electrons. The van der Waals surface area contributed by atoms with Crippen molar-refractivity contribution in [2.24, 2.45) is 0 Å². The van der Waals surface area contributed by atoms with Crippen LogP contribution in [0, 0.1) is 17.1 Å². The van der Waals surface area contributed by atoms with Gasteiger partial charge in [0, 0.05) is 5.56 Å². The summed E-state index contributed by atoms with van der Waals surface area (Å²) in [5.41, 5.74) is 5.47. The molecule has 0 bridgehead atoms. The van der Waals surface area contributed by atoms with Gasteiger partial charge in [0.05, 0.1) is 30.9 Å². The highest BCUT2D eigenvalue weighted by atomic mass is 19.1. The SMILES string of the molecule is COC(=O)Cc1cc(C#N)cc(N)c1F. The van der Waals surface area contributed by atoms with E-state index in [-0.39, 0.29) is 23.2 Å². The number of anilines is 1. The third kappa shape index (κ3) is 2.44. The van der Waals surface area contributed by atoms with Crippen LogP contribution in [0.15, 0.2) is 12.1 Å². The number of rotatable bonds is 2. The summed E-state index contributed by atoms with van der Waals surface area (Å²) in [5.74, 6) is -1.26. The quantitative estimate of drug-likeness (QED) is 0.581. The van der Waals surface area contributed by atoms with E-state index >= 15 is 0 Å². The number of nitrogens with two attached hydrogens (primary N) is 1. The average molecular weight is 208 g/mol. The van der Waals surface area contributed by atoms with E-state index in [1.54, 1.807) is 0 Å². The van der Waals surface area contributed by atoms with Crippen LogP contribution in [-0.2, 0) is 16.0 Å². The Kier molecular flexibility index (Phi) is 3.24. The summed E-state index contributed by atoms with van der Waals surface area (Å²) in [6.07, 6.45) is -0.234. The average Bonchev–Trinajstić information content (AvgIpc) is 2.24. The van der Waals surface area contributed by atoms with Crippen LogP contribution >= 0.6 is 0 Å². The second-order valence-corrected chi connectivity index (χ2v) is 2.90. The third-order valence-corrected chi connectivity index (χ3v) is 1.87. The monoisotopic (exact) mass is 208 g/mol. The van der Waals surface area contributed by atoms with Crippen molar-refractivity contribution in [3.05, 3.63) is 29.1 Å². The van der Waals surface area contributed by atoms with E-state index in [0.717, 1.165) is 0 Å². The maximum Gasteiger partial charge on any atom is 0.310 e. The number of nitriles is 1. The maximum atomic E-state index is 13.4. The third-order valence-electron chi connectivity index (χ3n) is 1.87. The number of carbonyl (C=O) groups is 1. The predicted molar refractivity (Wildman–Crippen MR) is 51.2 cm³/mol. The molecule has 15 heavy (non-hydrogen) atoms. The van der Waals surface area contributed by atoms with E-state index in [9.17, 15) is 9.18 Å². The molecule has 0 fully saturated rings. The van der Waals surface area contributed by atoms with Crippen LogP contribution in [0.2, 0.25) is 0 Å². The van der Waals surface area contributed by atoms with Crippen LogP contribution in [-0.4, -0.2) is 13.1 Å². The molecule has 0 aromatic heterocycles. The molecule has 0 heterocycles. The minimum Gasteiger partial charge on any atom is -0.469 e. The molecule has 0 unspecified atom stereocenters. The van der Waals surface area contributed by atoms with Crippen molar-refractivity contribution in [2.75, 3.05) is 12.8 Å². The standard InChI is InChI=1S/C10H9FN2O2/c1-15-9(14)4-7-2-6(5-12)3-8(13)10(7)11/h2-3H,4,13H2,1H3. The minimum absolute atomic E-state index is 0.0680. The van der Waals surface area contributed by atoms with Crippen molar-refractivity contribution >= 4 is 11.7 Å². The molecule has 0 atom stereocenters. The molecule has 1 aromatic carbocycles. The molecule has 0 amide bonds. The Morgan fingerprint density at radius 2 is 2.33 bits per heavy atom. The Bertz CT molecular complexity index is 438. The van der Waals surface area contributed by atoms with Crippen LogP contribution in [0.3, 0.4) is 0 Å². The van der Waals surface area contributed by atoms with Crippen LogP contribution < -0.4 is 5.73 Å². The summed E-state index contributed by atoms with van der Waals surface area (Å²) in [6, 6.07) is 4.33. The van der Waals surface area contributed by atoms with E-state index < -0.39 is 11.8 Å². The zero-order chi connectivity index (χ0) is 11.4. The molecule has 0 aliphatic heterocycles. The van der Waals surface area contributed by atoms with Crippen LogP contribution in [0.1, 0.15) is 11.1 Å². The molecule has 1 aromatic rings. The zero-order valence-electron chi connectivity index (χ0n) is 8.08. The number of nitrogens with zero attached hydrogens (tertiary/aromatic N) is 1. The zero-order valence-corrected chi connectivity index (χ0v) is 8.08. The lowest BCUT2D eigenvalue weighted by atomic mass is 10.1. The largest absolute Gasteiger partial charge is 0.469 e. The highest BCUT2D eigenvalue weighted by molar-refractivity contribution is 5.73. The Morgan fingerprint density at radius 1 is 1.67 bits per heavy atom. The molecule has 4 nitrogen and oxygen atoms in total. The fourth-order valence-corrected chi connectivity index (χ4v) is 1.13. The molecule has 0 saturated heterocycles. The van der Waals surface area contributed by atoms with Crippen LogP contribution in [0.4, 0.5) is 10.1 Å². The number of hydrogen-bond acceptors (Lipinski definition) is 4. The van der Waals surface area contributed by atoms with Gasteiger partial charge < -0.3 is 10.5 Å². The smallest absolute Gasteiger partial charge is 0.310 e.